The van der Waals surface area contributed by atoms with Gasteiger partial charge in [-0.2, -0.15) is 0 Å². The fourth-order valence-corrected chi connectivity index (χ4v) is 10.6. The molecule has 1 aromatic rings. The summed E-state index contributed by atoms with van der Waals surface area (Å²) in [5.41, 5.74) is 3.39. The normalized spacial score (nSPS) is 48.5. The van der Waals surface area contributed by atoms with Crippen molar-refractivity contribution < 1.29 is 9.32 Å². The van der Waals surface area contributed by atoms with E-state index in [4.69, 9.17) is 4.52 Å². The van der Waals surface area contributed by atoms with E-state index in [0.717, 1.165) is 12.2 Å². The zero-order chi connectivity index (χ0) is 24.5. The number of carbonyl (C=O) groups is 1. The van der Waals surface area contributed by atoms with Gasteiger partial charge in [-0.05, 0) is 96.4 Å². The molecule has 0 amide bonds. The number of aromatic nitrogens is 1. The number of rotatable bonds is 0. The van der Waals surface area contributed by atoms with Crippen LogP contribution in [-0.2, 0) is 16.6 Å². The van der Waals surface area contributed by atoms with E-state index in [1.807, 2.05) is 6.20 Å². The quantitative estimate of drug-likeness (QED) is 0.396. The Bertz CT molecular complexity index is 1090. The molecule has 34 heavy (non-hydrogen) atoms. The van der Waals surface area contributed by atoms with E-state index in [-0.39, 0.29) is 27.6 Å². The van der Waals surface area contributed by atoms with Gasteiger partial charge in [0.2, 0.25) is 0 Å². The third-order valence-electron chi connectivity index (χ3n) is 12.8. The predicted octanol–water partition coefficient (Wildman–Crippen LogP) is 7.69. The SMILES string of the molecule is CC1(C)CC[C@]2(C)CC[C@]3(C)[C@H](C(=O)C=C4[C@@]5(C)Cc6cnoc6C(C)(C)[C@@H]5CC[C@]43C)[C@@H]2C1. The van der Waals surface area contributed by atoms with Gasteiger partial charge in [0.1, 0.15) is 5.76 Å². The van der Waals surface area contributed by atoms with Crippen LogP contribution >= 0.6 is 0 Å². The van der Waals surface area contributed by atoms with Crippen LogP contribution in [0.15, 0.2) is 22.4 Å². The van der Waals surface area contributed by atoms with Crippen molar-refractivity contribution in [2.75, 3.05) is 0 Å². The van der Waals surface area contributed by atoms with Gasteiger partial charge >= 0.3 is 0 Å². The van der Waals surface area contributed by atoms with E-state index in [1.165, 1.54) is 56.1 Å². The lowest BCUT2D eigenvalue weighted by atomic mass is 9.34. The molecule has 7 atom stereocenters. The lowest BCUT2D eigenvalue weighted by molar-refractivity contribution is -0.168. The molecule has 1 aromatic heterocycles. The van der Waals surface area contributed by atoms with Crippen LogP contribution in [0.25, 0.3) is 0 Å². The van der Waals surface area contributed by atoms with E-state index in [0.29, 0.717) is 28.4 Å². The van der Waals surface area contributed by atoms with Crippen LogP contribution in [0.4, 0.5) is 0 Å². The van der Waals surface area contributed by atoms with Gasteiger partial charge in [0.05, 0.1) is 6.20 Å². The predicted molar refractivity (Wildman–Crippen MR) is 135 cm³/mol. The summed E-state index contributed by atoms with van der Waals surface area (Å²) in [6.45, 7) is 19.6. The van der Waals surface area contributed by atoms with Crippen molar-refractivity contribution in [2.24, 2.45) is 44.8 Å². The molecule has 0 saturated heterocycles. The Kier molecular flexibility index (Phi) is 4.39. The lowest BCUT2D eigenvalue weighted by Gasteiger charge is -2.69. The monoisotopic (exact) mass is 463 g/mol. The molecule has 0 unspecified atom stereocenters. The molecule has 0 aromatic carbocycles. The topological polar surface area (TPSA) is 43.1 Å². The smallest absolute Gasteiger partial charge is 0.159 e. The van der Waals surface area contributed by atoms with E-state index < -0.39 is 0 Å². The van der Waals surface area contributed by atoms with Gasteiger partial charge in [0.25, 0.3) is 0 Å². The molecule has 3 nitrogen and oxygen atoms in total. The highest BCUT2D eigenvalue weighted by Gasteiger charge is 2.69. The molecule has 0 radical (unpaired) electrons. The summed E-state index contributed by atoms with van der Waals surface area (Å²) in [5, 5.41) is 4.21. The third kappa shape index (κ3) is 2.60. The Morgan fingerprint density at radius 2 is 1.65 bits per heavy atom. The summed E-state index contributed by atoms with van der Waals surface area (Å²) >= 11 is 0. The average molecular weight is 464 g/mol. The molecular formula is C31H45NO2. The third-order valence-corrected chi connectivity index (χ3v) is 12.8. The minimum Gasteiger partial charge on any atom is -0.361 e. The van der Waals surface area contributed by atoms with Gasteiger partial charge in [-0.3, -0.25) is 4.79 Å². The second-order valence-electron chi connectivity index (χ2n) is 15.4. The van der Waals surface area contributed by atoms with Gasteiger partial charge in [0.15, 0.2) is 5.78 Å². The van der Waals surface area contributed by atoms with Crippen molar-refractivity contribution in [2.45, 2.75) is 112 Å². The molecule has 5 aliphatic carbocycles. The zero-order valence-electron chi connectivity index (χ0n) is 22.8. The minimum atomic E-state index is -0.0691. The number of carbonyl (C=O) groups excluding carboxylic acids is 1. The second-order valence-corrected chi connectivity index (χ2v) is 15.4. The summed E-state index contributed by atoms with van der Waals surface area (Å²) in [7, 11) is 0. The Labute approximate surface area is 206 Å². The van der Waals surface area contributed by atoms with Crippen LogP contribution in [0.1, 0.15) is 112 Å². The lowest BCUT2D eigenvalue weighted by Crippen LogP contribution is -2.64. The molecule has 1 heterocycles. The molecule has 0 spiro atoms. The first kappa shape index (κ1) is 23.0. The molecule has 186 valence electrons. The number of fused-ring (bicyclic) bond motifs is 8. The highest BCUT2D eigenvalue weighted by Crippen LogP contribution is 2.74. The highest BCUT2D eigenvalue weighted by molar-refractivity contribution is 5.95. The Morgan fingerprint density at radius 3 is 2.38 bits per heavy atom. The molecule has 3 fully saturated rings. The summed E-state index contributed by atoms with van der Waals surface area (Å²) in [4.78, 5) is 14.3. The van der Waals surface area contributed by atoms with Crippen LogP contribution in [0.5, 0.6) is 0 Å². The van der Waals surface area contributed by atoms with Crippen molar-refractivity contribution in [3.63, 3.8) is 0 Å². The van der Waals surface area contributed by atoms with Crippen LogP contribution in [-0.4, -0.2) is 10.9 Å². The number of allylic oxidation sites excluding steroid dienone is 2. The summed E-state index contributed by atoms with van der Waals surface area (Å²) in [6.07, 6.45) is 13.7. The maximum atomic E-state index is 14.3. The van der Waals surface area contributed by atoms with Gasteiger partial charge in [-0.25, -0.2) is 0 Å². The number of hydrogen-bond donors (Lipinski definition) is 0. The van der Waals surface area contributed by atoms with Crippen molar-refractivity contribution in [3.05, 3.63) is 29.2 Å². The second kappa shape index (κ2) is 6.48. The van der Waals surface area contributed by atoms with Crippen LogP contribution in [0.2, 0.25) is 0 Å². The molecule has 3 heteroatoms. The Morgan fingerprint density at radius 1 is 0.941 bits per heavy atom. The fourth-order valence-electron chi connectivity index (χ4n) is 10.6. The van der Waals surface area contributed by atoms with Crippen molar-refractivity contribution >= 4 is 5.78 Å². The van der Waals surface area contributed by atoms with Gasteiger partial charge in [-0.1, -0.05) is 66.1 Å². The molecule has 6 rings (SSSR count). The van der Waals surface area contributed by atoms with E-state index in [9.17, 15) is 4.79 Å². The average Bonchev–Trinajstić information content (AvgIpc) is 3.20. The molecule has 0 N–H and O–H groups in total. The Balaban J connectivity index is 1.50. The standard InChI is InChI=1S/C31H45NO2/c1-26(2)11-12-28(5)13-14-31(8)24(20(28)17-26)21(33)15-23-29(6)16-19-18-32-34-25(19)27(3,4)22(29)9-10-30(23,31)7/h15,18,20,22,24H,9-14,16-17H2,1-8H3/t20-,22-,24-,28+,29-,30+,31+/m0/s1. The van der Waals surface area contributed by atoms with Crippen LogP contribution in [0, 0.1) is 44.8 Å². The number of nitrogens with zero attached hydrogens (tertiary/aromatic N) is 1. The first-order chi connectivity index (χ1) is 15.7. The maximum absolute atomic E-state index is 14.3. The van der Waals surface area contributed by atoms with Gasteiger partial charge < -0.3 is 4.52 Å². The molecule has 0 aliphatic heterocycles. The molecule has 5 aliphatic rings. The summed E-state index contributed by atoms with van der Waals surface area (Å²) in [6, 6.07) is 0. The van der Waals surface area contributed by atoms with Crippen LogP contribution in [0.3, 0.4) is 0 Å². The molecule has 3 saturated carbocycles. The largest absolute Gasteiger partial charge is 0.361 e. The first-order valence-electron chi connectivity index (χ1n) is 13.9. The zero-order valence-corrected chi connectivity index (χ0v) is 22.8. The Hall–Kier alpha value is -1.38. The minimum absolute atomic E-state index is 0.0225. The number of hydrogen-bond acceptors (Lipinski definition) is 3. The van der Waals surface area contributed by atoms with Crippen molar-refractivity contribution in [1.29, 1.82) is 0 Å². The van der Waals surface area contributed by atoms with E-state index in [2.05, 4.69) is 66.6 Å². The van der Waals surface area contributed by atoms with Gasteiger partial charge in [0, 0.05) is 16.9 Å². The first-order valence-corrected chi connectivity index (χ1v) is 13.9. The number of ketones is 1. The maximum Gasteiger partial charge on any atom is 0.159 e. The van der Waals surface area contributed by atoms with E-state index in [1.54, 1.807) is 0 Å². The van der Waals surface area contributed by atoms with E-state index >= 15 is 0 Å². The summed E-state index contributed by atoms with van der Waals surface area (Å²) < 4.78 is 5.81. The fraction of sp³-hybridized carbons (Fsp3) is 0.806. The molecule has 0 bridgehead atoms. The summed E-state index contributed by atoms with van der Waals surface area (Å²) in [5.74, 6) is 2.66. The van der Waals surface area contributed by atoms with Gasteiger partial charge in [-0.15, -0.1) is 0 Å². The van der Waals surface area contributed by atoms with Crippen molar-refractivity contribution in [1.82, 2.24) is 5.16 Å². The highest BCUT2D eigenvalue weighted by atomic mass is 16.5. The van der Waals surface area contributed by atoms with Crippen molar-refractivity contribution in [3.8, 4) is 0 Å². The molecular weight excluding hydrogens is 418 g/mol. The van der Waals surface area contributed by atoms with Crippen LogP contribution < -0.4 is 0 Å².